The number of benzene rings is 3. The summed E-state index contributed by atoms with van der Waals surface area (Å²) in [6.45, 7) is 0. The molecule has 1 aliphatic rings. The van der Waals surface area contributed by atoms with E-state index < -0.39 is 0 Å². The van der Waals surface area contributed by atoms with E-state index in [9.17, 15) is 0 Å². The second kappa shape index (κ2) is 7.83. The lowest BCUT2D eigenvalue weighted by molar-refractivity contribution is 0.415. The van der Waals surface area contributed by atoms with Crippen molar-refractivity contribution in [2.24, 2.45) is 10.2 Å². The third kappa shape index (κ3) is 3.87. The van der Waals surface area contributed by atoms with Crippen LogP contribution in [0.25, 0.3) is 5.57 Å². The van der Waals surface area contributed by atoms with Gasteiger partial charge >= 0.3 is 0 Å². The quantitative estimate of drug-likeness (QED) is 0.621. The number of rotatable bonds is 4. The van der Waals surface area contributed by atoms with Crippen molar-refractivity contribution in [2.75, 3.05) is 7.11 Å². The van der Waals surface area contributed by atoms with E-state index in [4.69, 9.17) is 4.74 Å². The van der Waals surface area contributed by atoms with Crippen molar-refractivity contribution >= 4 is 17.0 Å². The molecule has 3 aromatic rings. The van der Waals surface area contributed by atoms with Gasteiger partial charge in [0.05, 0.1) is 18.5 Å². The van der Waals surface area contributed by atoms with E-state index in [0.717, 1.165) is 40.3 Å². The normalized spacial score (nSPS) is 13.9. The molecule has 0 amide bonds. The highest BCUT2D eigenvalue weighted by atomic mass is 16.5. The van der Waals surface area contributed by atoms with Crippen LogP contribution >= 0.6 is 0 Å². The molecule has 0 fully saturated rings. The largest absolute Gasteiger partial charge is 0.497 e. The maximum absolute atomic E-state index is 5.30. The van der Waals surface area contributed by atoms with Crippen molar-refractivity contribution in [1.82, 2.24) is 0 Å². The summed E-state index contributed by atoms with van der Waals surface area (Å²) in [4.78, 5) is 0. The highest BCUT2D eigenvalue weighted by Gasteiger charge is 2.14. The van der Waals surface area contributed by atoms with E-state index in [2.05, 4.69) is 52.7 Å². The van der Waals surface area contributed by atoms with E-state index in [1.54, 1.807) is 7.11 Å². The van der Waals surface area contributed by atoms with Crippen molar-refractivity contribution in [2.45, 2.75) is 6.42 Å². The molecule has 0 bridgehead atoms. The molecule has 1 aliphatic heterocycles. The van der Waals surface area contributed by atoms with Gasteiger partial charge in [-0.05, 0) is 34.9 Å². The Morgan fingerprint density at radius 2 is 1.30 bits per heavy atom. The zero-order valence-corrected chi connectivity index (χ0v) is 15.2. The molecule has 0 spiro atoms. The van der Waals surface area contributed by atoms with E-state index in [0.29, 0.717) is 0 Å². The summed E-state index contributed by atoms with van der Waals surface area (Å²) < 4.78 is 5.30. The molecule has 3 heteroatoms. The monoisotopic (exact) mass is 352 g/mol. The van der Waals surface area contributed by atoms with Crippen LogP contribution < -0.4 is 4.74 Å². The molecule has 0 saturated heterocycles. The summed E-state index contributed by atoms with van der Waals surface area (Å²) in [5, 5.41) is 9.15. The van der Waals surface area contributed by atoms with Gasteiger partial charge < -0.3 is 4.74 Å². The van der Waals surface area contributed by atoms with Crippen LogP contribution in [0.15, 0.2) is 101 Å². The Balaban J connectivity index is 1.79. The summed E-state index contributed by atoms with van der Waals surface area (Å²) in [5.74, 6) is 0.849. The van der Waals surface area contributed by atoms with Gasteiger partial charge in [0.15, 0.2) is 0 Å². The van der Waals surface area contributed by atoms with Crippen LogP contribution in [0.4, 0.5) is 0 Å². The summed E-state index contributed by atoms with van der Waals surface area (Å²) in [7, 11) is 1.68. The number of ether oxygens (including phenoxy) is 1. The molecule has 3 aromatic carbocycles. The van der Waals surface area contributed by atoms with Crippen molar-refractivity contribution in [3.63, 3.8) is 0 Å². The van der Waals surface area contributed by atoms with Gasteiger partial charge in [0.2, 0.25) is 0 Å². The summed E-state index contributed by atoms with van der Waals surface area (Å²) in [6.07, 6.45) is 2.85. The van der Waals surface area contributed by atoms with E-state index >= 15 is 0 Å². The first-order chi connectivity index (χ1) is 13.3. The number of nitrogens with zero attached hydrogens (tertiary/aromatic N) is 2. The van der Waals surface area contributed by atoms with E-state index in [-0.39, 0.29) is 0 Å². The maximum Gasteiger partial charge on any atom is 0.118 e. The molecular formula is C24H20N2O. The van der Waals surface area contributed by atoms with Gasteiger partial charge in [-0.1, -0.05) is 72.8 Å². The van der Waals surface area contributed by atoms with Crippen LogP contribution in [0.5, 0.6) is 5.75 Å². The van der Waals surface area contributed by atoms with Gasteiger partial charge in [-0.25, -0.2) is 0 Å². The Hall–Kier alpha value is -3.46. The Morgan fingerprint density at radius 3 is 1.93 bits per heavy atom. The topological polar surface area (TPSA) is 34.0 Å². The van der Waals surface area contributed by atoms with Gasteiger partial charge in [-0.15, -0.1) is 0 Å². The average molecular weight is 352 g/mol. The molecular weight excluding hydrogens is 332 g/mol. The molecule has 0 aliphatic carbocycles. The molecule has 0 N–H and O–H groups in total. The molecule has 0 aromatic heterocycles. The molecule has 1 heterocycles. The second-order valence-electron chi connectivity index (χ2n) is 6.34. The first-order valence-electron chi connectivity index (χ1n) is 8.94. The molecule has 132 valence electrons. The van der Waals surface area contributed by atoms with Gasteiger partial charge in [-0.3, -0.25) is 0 Å². The fraction of sp³-hybridized carbons (Fsp3) is 0.0833. The number of methoxy groups -OCH3 is 1. The summed E-state index contributed by atoms with van der Waals surface area (Å²) in [5.41, 5.74) is 6.30. The highest BCUT2D eigenvalue weighted by molar-refractivity contribution is 6.17. The lowest BCUT2D eigenvalue weighted by Crippen LogP contribution is -2.01. The Bertz CT molecular complexity index is 1000. The maximum atomic E-state index is 5.30. The third-order valence-corrected chi connectivity index (χ3v) is 4.58. The lowest BCUT2D eigenvalue weighted by atomic mass is 9.95. The first kappa shape index (κ1) is 17.0. The highest BCUT2D eigenvalue weighted by Crippen LogP contribution is 2.26. The van der Waals surface area contributed by atoms with Crippen molar-refractivity contribution < 1.29 is 4.74 Å². The summed E-state index contributed by atoms with van der Waals surface area (Å²) >= 11 is 0. The molecule has 0 saturated carbocycles. The predicted octanol–water partition coefficient (Wildman–Crippen LogP) is 5.38. The molecule has 0 unspecified atom stereocenters. The van der Waals surface area contributed by atoms with Crippen LogP contribution in [-0.4, -0.2) is 18.5 Å². The Kier molecular flexibility index (Phi) is 4.93. The molecule has 27 heavy (non-hydrogen) atoms. The van der Waals surface area contributed by atoms with Crippen LogP contribution in [0.1, 0.15) is 23.1 Å². The molecule has 4 rings (SSSR count). The minimum Gasteiger partial charge on any atom is -0.497 e. The van der Waals surface area contributed by atoms with Crippen molar-refractivity contribution in [1.29, 1.82) is 0 Å². The SMILES string of the molecule is COc1ccc(C2=CC(c3ccccc3)=NN=C(c3ccccc3)C2)cc1. The fourth-order valence-electron chi connectivity index (χ4n) is 3.11. The average Bonchev–Trinajstić information content (AvgIpc) is 2.98. The Morgan fingerprint density at radius 1 is 0.667 bits per heavy atom. The zero-order valence-electron chi connectivity index (χ0n) is 15.2. The fourth-order valence-corrected chi connectivity index (χ4v) is 3.11. The molecule has 0 radical (unpaired) electrons. The van der Waals surface area contributed by atoms with Crippen LogP contribution in [0.2, 0.25) is 0 Å². The van der Waals surface area contributed by atoms with Crippen LogP contribution in [0, 0.1) is 0 Å². The van der Waals surface area contributed by atoms with E-state index in [1.807, 2.05) is 48.5 Å². The van der Waals surface area contributed by atoms with Crippen molar-refractivity contribution in [3.8, 4) is 5.75 Å². The number of hydrogen-bond acceptors (Lipinski definition) is 3. The standard InChI is InChI=1S/C24H20N2O/c1-27-22-14-12-18(13-15-22)21-16-23(19-8-4-2-5-9-19)25-26-24(17-21)20-10-6-3-7-11-20/h2-16H,17H2,1H3. The minimum atomic E-state index is 0.718. The van der Waals surface area contributed by atoms with E-state index in [1.165, 1.54) is 5.57 Å². The first-order valence-corrected chi connectivity index (χ1v) is 8.94. The lowest BCUT2D eigenvalue weighted by Gasteiger charge is -2.10. The second-order valence-corrected chi connectivity index (χ2v) is 6.34. The Labute approximate surface area is 159 Å². The van der Waals surface area contributed by atoms with Crippen molar-refractivity contribution in [3.05, 3.63) is 108 Å². The van der Waals surface area contributed by atoms with Gasteiger partial charge in [0.25, 0.3) is 0 Å². The van der Waals surface area contributed by atoms with Crippen LogP contribution in [-0.2, 0) is 0 Å². The third-order valence-electron chi connectivity index (χ3n) is 4.58. The number of hydrogen-bond donors (Lipinski definition) is 0. The molecule has 0 atom stereocenters. The zero-order chi connectivity index (χ0) is 18.5. The predicted molar refractivity (Wildman–Crippen MR) is 112 cm³/mol. The van der Waals surface area contributed by atoms with Crippen LogP contribution in [0.3, 0.4) is 0 Å². The van der Waals surface area contributed by atoms with Gasteiger partial charge in [0, 0.05) is 12.0 Å². The molecule has 3 nitrogen and oxygen atoms in total. The van der Waals surface area contributed by atoms with Gasteiger partial charge in [0.1, 0.15) is 5.75 Å². The van der Waals surface area contributed by atoms with Gasteiger partial charge in [-0.2, -0.15) is 10.2 Å². The minimum absolute atomic E-state index is 0.718. The summed E-state index contributed by atoms with van der Waals surface area (Å²) in [6, 6.07) is 28.5. The smallest absolute Gasteiger partial charge is 0.118 e. The number of allylic oxidation sites excluding steroid dienone is 2.